The summed E-state index contributed by atoms with van der Waals surface area (Å²) in [6.07, 6.45) is 4.10. The Kier molecular flexibility index (Phi) is 4.18. The second-order valence-corrected chi connectivity index (χ2v) is 5.03. The normalized spacial score (nSPS) is 21.2. The number of cyclic esters (lactones) is 1. The van der Waals surface area contributed by atoms with Crippen molar-refractivity contribution in [2.24, 2.45) is 11.8 Å². The average molecular weight is 232 g/mol. The van der Waals surface area contributed by atoms with Gasteiger partial charge in [0.2, 0.25) is 0 Å². The van der Waals surface area contributed by atoms with Crippen molar-refractivity contribution in [2.45, 2.75) is 32.6 Å². The van der Waals surface area contributed by atoms with Crippen molar-refractivity contribution in [3.05, 3.63) is 35.9 Å². The molecule has 0 bridgehead atoms. The molecule has 2 unspecified atom stereocenters. The highest BCUT2D eigenvalue weighted by atomic mass is 16.5. The van der Waals surface area contributed by atoms with E-state index in [0.29, 0.717) is 12.5 Å². The topological polar surface area (TPSA) is 26.3 Å². The summed E-state index contributed by atoms with van der Waals surface area (Å²) < 4.78 is 4.98. The van der Waals surface area contributed by atoms with E-state index in [0.717, 1.165) is 25.7 Å². The van der Waals surface area contributed by atoms with Gasteiger partial charge in [0.15, 0.2) is 0 Å². The Morgan fingerprint density at radius 1 is 1.35 bits per heavy atom. The standard InChI is InChI=1S/C15H20O2/c1-12(11-13-5-3-2-4-6-13)7-8-14-9-10-17-15(14)16/h2-6,12,14H,7-11H2,1H3. The van der Waals surface area contributed by atoms with Crippen LogP contribution in [0.4, 0.5) is 0 Å². The molecule has 2 atom stereocenters. The van der Waals surface area contributed by atoms with Gasteiger partial charge in [-0.1, -0.05) is 37.3 Å². The van der Waals surface area contributed by atoms with Crippen molar-refractivity contribution in [3.63, 3.8) is 0 Å². The number of benzene rings is 1. The maximum atomic E-state index is 11.3. The van der Waals surface area contributed by atoms with Crippen LogP contribution in [-0.2, 0) is 16.0 Å². The van der Waals surface area contributed by atoms with E-state index >= 15 is 0 Å². The van der Waals surface area contributed by atoms with Gasteiger partial charge >= 0.3 is 5.97 Å². The SMILES string of the molecule is CC(CCC1CCOC1=O)Cc1ccccc1. The smallest absolute Gasteiger partial charge is 0.309 e. The number of carbonyl (C=O) groups excluding carboxylic acids is 1. The molecule has 0 aromatic heterocycles. The molecule has 0 N–H and O–H groups in total. The number of carbonyl (C=O) groups is 1. The van der Waals surface area contributed by atoms with Gasteiger partial charge in [-0.25, -0.2) is 0 Å². The highest BCUT2D eigenvalue weighted by Gasteiger charge is 2.26. The largest absolute Gasteiger partial charge is 0.465 e. The molecular weight excluding hydrogens is 212 g/mol. The lowest BCUT2D eigenvalue weighted by molar-refractivity contribution is -0.141. The van der Waals surface area contributed by atoms with Crippen LogP contribution in [0, 0.1) is 11.8 Å². The first-order valence-corrected chi connectivity index (χ1v) is 6.46. The lowest BCUT2D eigenvalue weighted by atomic mass is 9.92. The maximum Gasteiger partial charge on any atom is 0.309 e. The second kappa shape index (κ2) is 5.85. The number of rotatable bonds is 5. The Hall–Kier alpha value is -1.31. The molecule has 0 radical (unpaired) electrons. The van der Waals surface area contributed by atoms with Crippen LogP contribution in [0.3, 0.4) is 0 Å². The molecule has 1 aliphatic rings. The number of hydrogen-bond acceptors (Lipinski definition) is 2. The van der Waals surface area contributed by atoms with E-state index in [9.17, 15) is 4.79 Å². The van der Waals surface area contributed by atoms with Crippen molar-refractivity contribution in [2.75, 3.05) is 6.61 Å². The van der Waals surface area contributed by atoms with Gasteiger partial charge < -0.3 is 4.74 Å². The Morgan fingerprint density at radius 3 is 2.76 bits per heavy atom. The van der Waals surface area contributed by atoms with Crippen LogP contribution in [0.5, 0.6) is 0 Å². The summed E-state index contributed by atoms with van der Waals surface area (Å²) in [5, 5.41) is 0. The van der Waals surface area contributed by atoms with E-state index in [1.807, 2.05) is 6.07 Å². The molecule has 1 heterocycles. The Bertz CT molecular complexity index is 358. The zero-order chi connectivity index (χ0) is 12.1. The first-order valence-electron chi connectivity index (χ1n) is 6.46. The first kappa shape index (κ1) is 12.2. The van der Waals surface area contributed by atoms with Gasteiger partial charge in [0, 0.05) is 0 Å². The molecule has 0 aliphatic carbocycles. The Morgan fingerprint density at radius 2 is 2.12 bits per heavy atom. The minimum Gasteiger partial charge on any atom is -0.465 e. The maximum absolute atomic E-state index is 11.3. The zero-order valence-corrected chi connectivity index (χ0v) is 10.4. The van der Waals surface area contributed by atoms with Crippen molar-refractivity contribution < 1.29 is 9.53 Å². The van der Waals surface area contributed by atoms with E-state index in [4.69, 9.17) is 4.74 Å². The van der Waals surface area contributed by atoms with Gasteiger partial charge in [-0.05, 0) is 37.2 Å². The Balaban J connectivity index is 1.74. The van der Waals surface area contributed by atoms with Gasteiger partial charge in [-0.2, -0.15) is 0 Å². The molecule has 17 heavy (non-hydrogen) atoms. The van der Waals surface area contributed by atoms with Crippen LogP contribution in [0.1, 0.15) is 31.7 Å². The fourth-order valence-electron chi connectivity index (χ4n) is 2.40. The highest BCUT2D eigenvalue weighted by Crippen LogP contribution is 2.23. The molecule has 2 heteroatoms. The van der Waals surface area contributed by atoms with Crippen molar-refractivity contribution in [1.29, 1.82) is 0 Å². The predicted octanol–water partition coefficient (Wildman–Crippen LogP) is 3.21. The minimum atomic E-state index is 0.0110. The van der Waals surface area contributed by atoms with E-state index in [2.05, 4.69) is 31.2 Å². The lowest BCUT2D eigenvalue weighted by Crippen LogP contribution is -2.10. The fourth-order valence-corrected chi connectivity index (χ4v) is 2.40. The summed E-state index contributed by atoms with van der Waals surface area (Å²) in [5.41, 5.74) is 1.38. The zero-order valence-electron chi connectivity index (χ0n) is 10.4. The van der Waals surface area contributed by atoms with E-state index in [1.165, 1.54) is 5.56 Å². The molecule has 1 aromatic carbocycles. The van der Waals surface area contributed by atoms with E-state index in [1.54, 1.807) is 0 Å². The van der Waals surface area contributed by atoms with Gasteiger partial charge in [0.05, 0.1) is 12.5 Å². The molecule has 0 saturated carbocycles. The molecule has 2 nitrogen and oxygen atoms in total. The van der Waals surface area contributed by atoms with E-state index in [-0.39, 0.29) is 11.9 Å². The summed E-state index contributed by atoms with van der Waals surface area (Å²) in [7, 11) is 0. The predicted molar refractivity (Wildman–Crippen MR) is 67.6 cm³/mol. The van der Waals surface area contributed by atoms with Gasteiger partial charge in [0.25, 0.3) is 0 Å². The molecule has 2 rings (SSSR count). The molecule has 1 saturated heterocycles. The molecule has 0 spiro atoms. The van der Waals surface area contributed by atoms with Crippen LogP contribution in [-0.4, -0.2) is 12.6 Å². The summed E-state index contributed by atoms with van der Waals surface area (Å²) >= 11 is 0. The molecule has 0 amide bonds. The van der Waals surface area contributed by atoms with Crippen LogP contribution < -0.4 is 0 Å². The lowest BCUT2D eigenvalue weighted by Gasteiger charge is -2.12. The van der Waals surface area contributed by atoms with Crippen molar-refractivity contribution in [3.8, 4) is 0 Å². The highest BCUT2D eigenvalue weighted by molar-refractivity contribution is 5.73. The number of ether oxygens (including phenoxy) is 1. The third-order valence-corrected chi connectivity index (χ3v) is 3.48. The second-order valence-electron chi connectivity index (χ2n) is 5.03. The van der Waals surface area contributed by atoms with Crippen LogP contribution >= 0.6 is 0 Å². The molecule has 92 valence electrons. The summed E-state index contributed by atoms with van der Waals surface area (Å²) in [4.78, 5) is 11.3. The molecular formula is C15H20O2. The summed E-state index contributed by atoms with van der Waals surface area (Å²) in [5.74, 6) is 0.802. The van der Waals surface area contributed by atoms with Crippen LogP contribution in [0.15, 0.2) is 30.3 Å². The Labute approximate surface area is 103 Å². The van der Waals surface area contributed by atoms with Crippen LogP contribution in [0.25, 0.3) is 0 Å². The third-order valence-electron chi connectivity index (χ3n) is 3.48. The number of esters is 1. The molecule has 1 fully saturated rings. The van der Waals surface area contributed by atoms with E-state index < -0.39 is 0 Å². The molecule has 1 aliphatic heterocycles. The van der Waals surface area contributed by atoms with Crippen molar-refractivity contribution in [1.82, 2.24) is 0 Å². The average Bonchev–Trinajstić information content (AvgIpc) is 2.74. The van der Waals surface area contributed by atoms with Gasteiger partial charge in [-0.3, -0.25) is 4.79 Å². The monoisotopic (exact) mass is 232 g/mol. The summed E-state index contributed by atoms with van der Waals surface area (Å²) in [6.45, 7) is 2.88. The van der Waals surface area contributed by atoms with Gasteiger partial charge in [-0.15, -0.1) is 0 Å². The summed E-state index contributed by atoms with van der Waals surface area (Å²) in [6, 6.07) is 10.5. The molecule has 1 aromatic rings. The fraction of sp³-hybridized carbons (Fsp3) is 0.533. The minimum absolute atomic E-state index is 0.0110. The third kappa shape index (κ3) is 3.58. The van der Waals surface area contributed by atoms with Crippen molar-refractivity contribution >= 4 is 5.97 Å². The van der Waals surface area contributed by atoms with Crippen LogP contribution in [0.2, 0.25) is 0 Å². The van der Waals surface area contributed by atoms with Gasteiger partial charge in [0.1, 0.15) is 0 Å². The number of hydrogen-bond donors (Lipinski definition) is 0. The quantitative estimate of drug-likeness (QED) is 0.729. The first-order chi connectivity index (χ1) is 8.25.